The van der Waals surface area contributed by atoms with Crippen LogP contribution in [0.25, 0.3) is 0 Å². The first-order valence-electron chi connectivity index (χ1n) is 11.3. The lowest BCUT2D eigenvalue weighted by Gasteiger charge is -2.22. The second-order valence-corrected chi connectivity index (χ2v) is 9.05. The van der Waals surface area contributed by atoms with Crippen molar-refractivity contribution in [1.29, 1.82) is 0 Å². The van der Waals surface area contributed by atoms with E-state index in [1.165, 1.54) is 6.92 Å². The maximum absolute atomic E-state index is 14.4. The molecule has 2 aromatic carbocycles. The molecule has 3 heterocycles. The number of carbonyl (C=O) groups is 3. The Bertz CT molecular complexity index is 1430. The molecule has 1 atom stereocenters. The lowest BCUT2D eigenvalue weighted by Crippen LogP contribution is -2.42. The molecule has 1 fully saturated rings. The Kier molecular flexibility index (Phi) is 5.54. The molecule has 5 rings (SSSR count). The molecule has 3 aromatic rings. The lowest BCUT2D eigenvalue weighted by molar-refractivity contribution is -0.130. The lowest BCUT2D eigenvalue weighted by atomic mass is 9.91. The SMILES string of the molecule is Cc1cc(C(=O)CN2C(=O)NC(C)(c3cc(F)ccc3F)C2=O)c(C)n1Cc1ccc2c(c1)OCO2. The van der Waals surface area contributed by atoms with E-state index in [1.54, 1.807) is 13.0 Å². The van der Waals surface area contributed by atoms with Gasteiger partial charge in [-0.1, -0.05) is 6.07 Å². The van der Waals surface area contributed by atoms with Crippen LogP contribution in [-0.2, 0) is 16.9 Å². The molecular weight excluding hydrogens is 472 g/mol. The molecule has 3 amide bonds. The largest absolute Gasteiger partial charge is 0.454 e. The van der Waals surface area contributed by atoms with Crippen LogP contribution in [0.15, 0.2) is 42.5 Å². The van der Waals surface area contributed by atoms with E-state index in [1.807, 2.05) is 29.7 Å². The van der Waals surface area contributed by atoms with Crippen molar-refractivity contribution < 1.29 is 32.6 Å². The smallest absolute Gasteiger partial charge is 0.325 e. The summed E-state index contributed by atoms with van der Waals surface area (Å²) in [6, 6.07) is 9.14. The molecule has 1 saturated heterocycles. The molecule has 0 saturated carbocycles. The monoisotopic (exact) mass is 495 g/mol. The third kappa shape index (κ3) is 3.78. The average Bonchev–Trinajstić information content (AvgIpc) is 3.48. The molecule has 10 heteroatoms. The number of Topliss-reactive ketones (excluding diaryl/α,β-unsaturated/α-hetero) is 1. The Hall–Kier alpha value is -4.21. The average molecular weight is 495 g/mol. The van der Waals surface area contributed by atoms with Crippen molar-refractivity contribution in [2.45, 2.75) is 32.9 Å². The number of nitrogens with one attached hydrogen (secondary N) is 1. The molecule has 36 heavy (non-hydrogen) atoms. The van der Waals surface area contributed by atoms with Crippen LogP contribution >= 0.6 is 0 Å². The normalized spacial score (nSPS) is 18.6. The standard InChI is InChI=1S/C26H23F2N3O5/c1-14-8-18(15(2)30(14)11-16-4-7-22-23(9-16)36-13-35-22)21(32)12-31-24(33)26(3,29-25(31)34)19-10-17(27)5-6-20(19)28/h4-10H,11-13H2,1-3H3,(H,29,34). The summed E-state index contributed by atoms with van der Waals surface area (Å²) in [4.78, 5) is 39.7. The number of carbonyl (C=O) groups excluding carboxylic acids is 3. The molecule has 1 N–H and O–H groups in total. The fourth-order valence-corrected chi connectivity index (χ4v) is 4.68. The highest BCUT2D eigenvalue weighted by atomic mass is 19.1. The van der Waals surface area contributed by atoms with Crippen molar-refractivity contribution in [2.75, 3.05) is 13.3 Å². The number of aryl methyl sites for hydroxylation is 1. The van der Waals surface area contributed by atoms with E-state index in [2.05, 4.69) is 5.32 Å². The first-order chi connectivity index (χ1) is 17.1. The highest BCUT2D eigenvalue weighted by molar-refractivity contribution is 6.11. The van der Waals surface area contributed by atoms with Crippen LogP contribution in [0.5, 0.6) is 11.5 Å². The van der Waals surface area contributed by atoms with Gasteiger partial charge < -0.3 is 19.4 Å². The molecule has 0 spiro atoms. The third-order valence-electron chi connectivity index (χ3n) is 6.70. The van der Waals surface area contributed by atoms with Gasteiger partial charge in [0.25, 0.3) is 5.91 Å². The Morgan fingerprint density at radius 3 is 2.58 bits per heavy atom. The number of imide groups is 1. The van der Waals surface area contributed by atoms with Gasteiger partial charge in [0.05, 0.1) is 6.54 Å². The minimum Gasteiger partial charge on any atom is -0.454 e. The molecule has 2 aliphatic heterocycles. The maximum atomic E-state index is 14.4. The summed E-state index contributed by atoms with van der Waals surface area (Å²) in [7, 11) is 0. The number of halogens is 2. The number of fused-ring (bicyclic) bond motifs is 1. The van der Waals surface area contributed by atoms with Gasteiger partial charge >= 0.3 is 6.03 Å². The summed E-state index contributed by atoms with van der Waals surface area (Å²) >= 11 is 0. The summed E-state index contributed by atoms with van der Waals surface area (Å²) in [5.74, 6) is -1.55. The summed E-state index contributed by atoms with van der Waals surface area (Å²) in [6.07, 6.45) is 0. The first kappa shape index (κ1) is 23.5. The quantitative estimate of drug-likeness (QED) is 0.415. The summed E-state index contributed by atoms with van der Waals surface area (Å²) in [6.45, 7) is 5.03. The predicted molar refractivity (Wildman–Crippen MR) is 124 cm³/mol. The van der Waals surface area contributed by atoms with E-state index in [-0.39, 0.29) is 12.4 Å². The molecular formula is C26H23F2N3O5. The number of aromatic nitrogens is 1. The molecule has 8 nitrogen and oxygen atoms in total. The Morgan fingerprint density at radius 2 is 1.81 bits per heavy atom. The zero-order valence-electron chi connectivity index (χ0n) is 19.9. The third-order valence-corrected chi connectivity index (χ3v) is 6.70. The van der Waals surface area contributed by atoms with Crippen molar-refractivity contribution in [2.24, 2.45) is 0 Å². The number of ketones is 1. The highest BCUT2D eigenvalue weighted by Crippen LogP contribution is 2.34. The number of nitrogens with zero attached hydrogens (tertiary/aromatic N) is 2. The minimum atomic E-state index is -1.83. The minimum absolute atomic E-state index is 0.173. The van der Waals surface area contributed by atoms with Crippen molar-refractivity contribution >= 4 is 17.7 Å². The molecule has 1 unspecified atom stereocenters. The molecule has 0 bridgehead atoms. The van der Waals surface area contributed by atoms with Crippen LogP contribution in [0.1, 0.15) is 39.8 Å². The Morgan fingerprint density at radius 1 is 1.06 bits per heavy atom. The van der Waals surface area contributed by atoms with Gasteiger partial charge in [0.2, 0.25) is 6.79 Å². The molecule has 186 valence electrons. The number of ether oxygens (including phenoxy) is 2. The second-order valence-electron chi connectivity index (χ2n) is 9.05. The number of benzene rings is 2. The van der Waals surface area contributed by atoms with Crippen LogP contribution in [0, 0.1) is 25.5 Å². The van der Waals surface area contributed by atoms with Gasteiger partial charge in [-0.25, -0.2) is 13.6 Å². The van der Waals surface area contributed by atoms with Crippen molar-refractivity contribution in [3.05, 3.63) is 82.2 Å². The topological polar surface area (TPSA) is 89.9 Å². The van der Waals surface area contributed by atoms with Gasteiger partial charge in [-0.2, -0.15) is 0 Å². The van der Waals surface area contributed by atoms with Crippen LogP contribution in [0.3, 0.4) is 0 Å². The van der Waals surface area contributed by atoms with Crippen molar-refractivity contribution in [3.8, 4) is 11.5 Å². The van der Waals surface area contributed by atoms with E-state index in [9.17, 15) is 23.2 Å². The molecule has 1 aromatic heterocycles. The number of hydrogen-bond donors (Lipinski definition) is 1. The maximum Gasteiger partial charge on any atom is 0.325 e. The Balaban J connectivity index is 1.37. The van der Waals surface area contributed by atoms with Gasteiger partial charge in [-0.15, -0.1) is 0 Å². The number of urea groups is 1. The number of rotatable bonds is 6. The van der Waals surface area contributed by atoms with E-state index >= 15 is 0 Å². The van der Waals surface area contributed by atoms with E-state index in [0.29, 0.717) is 29.3 Å². The molecule has 0 radical (unpaired) electrons. The van der Waals surface area contributed by atoms with Crippen molar-refractivity contribution in [1.82, 2.24) is 14.8 Å². The van der Waals surface area contributed by atoms with Crippen molar-refractivity contribution in [3.63, 3.8) is 0 Å². The van der Waals surface area contributed by atoms with Crippen LogP contribution < -0.4 is 14.8 Å². The van der Waals surface area contributed by atoms with Gasteiger partial charge in [0.15, 0.2) is 17.3 Å². The van der Waals surface area contributed by atoms with Gasteiger partial charge in [-0.3, -0.25) is 14.5 Å². The van der Waals surface area contributed by atoms with E-state index in [4.69, 9.17) is 9.47 Å². The summed E-state index contributed by atoms with van der Waals surface area (Å²) < 4.78 is 40.9. The summed E-state index contributed by atoms with van der Waals surface area (Å²) in [5.41, 5.74) is 0.650. The van der Waals surface area contributed by atoms with Crippen LogP contribution in [0.4, 0.5) is 13.6 Å². The van der Waals surface area contributed by atoms with E-state index in [0.717, 1.165) is 34.4 Å². The number of amides is 3. The van der Waals surface area contributed by atoms with Crippen LogP contribution in [0.2, 0.25) is 0 Å². The zero-order chi connectivity index (χ0) is 25.8. The zero-order valence-corrected chi connectivity index (χ0v) is 19.9. The Labute approximate surface area is 205 Å². The van der Waals surface area contributed by atoms with Gasteiger partial charge in [-0.05, 0) is 62.7 Å². The highest BCUT2D eigenvalue weighted by Gasteiger charge is 2.51. The van der Waals surface area contributed by atoms with E-state index < -0.39 is 41.4 Å². The second kappa shape index (κ2) is 8.47. The fraction of sp³-hybridized carbons (Fsp3) is 0.269. The fourth-order valence-electron chi connectivity index (χ4n) is 4.68. The summed E-state index contributed by atoms with van der Waals surface area (Å²) in [5, 5.41) is 2.41. The van der Waals surface area contributed by atoms with Gasteiger partial charge in [0, 0.05) is 29.1 Å². The number of hydrogen-bond acceptors (Lipinski definition) is 5. The first-order valence-corrected chi connectivity index (χ1v) is 11.3. The molecule has 2 aliphatic rings. The van der Waals surface area contributed by atoms with Crippen LogP contribution in [-0.4, -0.2) is 40.5 Å². The molecule has 0 aliphatic carbocycles. The van der Waals surface area contributed by atoms with Gasteiger partial charge in [0.1, 0.15) is 17.2 Å². The predicted octanol–water partition coefficient (Wildman–Crippen LogP) is 3.81.